The summed E-state index contributed by atoms with van der Waals surface area (Å²) >= 11 is 5.98. The van der Waals surface area contributed by atoms with E-state index in [0.29, 0.717) is 10.6 Å². The molecule has 0 saturated carbocycles. The van der Waals surface area contributed by atoms with E-state index in [4.69, 9.17) is 11.6 Å². The number of nitrogens with one attached hydrogen (secondary N) is 2. The van der Waals surface area contributed by atoms with Crippen LogP contribution in [0.5, 0.6) is 0 Å². The number of aliphatic hydroxyl groups is 1. The number of rotatable bonds is 8. The van der Waals surface area contributed by atoms with Crippen molar-refractivity contribution in [2.45, 2.75) is 38.8 Å². The molecule has 0 bridgehead atoms. The first kappa shape index (κ1) is 24.4. The molecule has 1 aromatic heterocycles. The van der Waals surface area contributed by atoms with Gasteiger partial charge in [0.05, 0.1) is 11.5 Å². The van der Waals surface area contributed by atoms with Crippen molar-refractivity contribution >= 4 is 23.4 Å². The Balaban J connectivity index is 1.83. The summed E-state index contributed by atoms with van der Waals surface area (Å²) in [7, 11) is 0. The Bertz CT molecular complexity index is 1130. The smallest absolute Gasteiger partial charge is 0.270 e. The average Bonchev–Trinajstić information content (AvgIpc) is 2.81. The molecule has 2 amide bonds. The molecule has 7 heteroatoms. The number of amides is 2. The van der Waals surface area contributed by atoms with Crippen LogP contribution in [0.3, 0.4) is 0 Å². The normalized spacial score (nSPS) is 12.2. The Morgan fingerprint density at radius 2 is 1.67 bits per heavy atom. The molecule has 33 heavy (non-hydrogen) atoms. The lowest BCUT2D eigenvalue weighted by Gasteiger charge is -2.24. The van der Waals surface area contributed by atoms with E-state index in [1.807, 2.05) is 56.3 Å². The van der Waals surface area contributed by atoms with Crippen LogP contribution in [0.4, 0.5) is 0 Å². The molecule has 0 radical (unpaired) electrons. The Morgan fingerprint density at radius 3 is 2.36 bits per heavy atom. The van der Waals surface area contributed by atoms with Crippen molar-refractivity contribution < 1.29 is 14.7 Å². The van der Waals surface area contributed by atoms with Gasteiger partial charge in [-0.2, -0.15) is 0 Å². The van der Waals surface area contributed by atoms with Crippen molar-refractivity contribution in [3.05, 3.63) is 88.7 Å². The van der Waals surface area contributed by atoms with Crippen molar-refractivity contribution in [1.29, 1.82) is 0 Å². The highest BCUT2D eigenvalue weighted by Crippen LogP contribution is 2.28. The van der Waals surface area contributed by atoms with Crippen molar-refractivity contribution in [1.82, 2.24) is 15.6 Å². The van der Waals surface area contributed by atoms with E-state index in [0.717, 1.165) is 16.7 Å². The van der Waals surface area contributed by atoms with Gasteiger partial charge >= 0.3 is 0 Å². The number of carbonyl (C=O) groups excluding carboxylic acids is 2. The molecule has 3 N–H and O–H groups in total. The fourth-order valence-corrected chi connectivity index (χ4v) is 3.59. The summed E-state index contributed by atoms with van der Waals surface area (Å²) < 4.78 is 0. The zero-order chi connectivity index (χ0) is 24.0. The second kappa shape index (κ2) is 10.6. The van der Waals surface area contributed by atoms with Crippen LogP contribution in [-0.2, 0) is 16.8 Å². The zero-order valence-electron chi connectivity index (χ0n) is 18.9. The van der Waals surface area contributed by atoms with Gasteiger partial charge < -0.3 is 15.7 Å². The van der Waals surface area contributed by atoms with Gasteiger partial charge in [0.2, 0.25) is 5.91 Å². The highest BCUT2D eigenvalue weighted by Gasteiger charge is 2.29. The maximum Gasteiger partial charge on any atom is 0.270 e. The lowest BCUT2D eigenvalue weighted by molar-refractivity contribution is -0.125. The first-order chi connectivity index (χ1) is 15.7. The van der Waals surface area contributed by atoms with E-state index >= 15 is 0 Å². The number of carbonyl (C=O) groups is 2. The zero-order valence-corrected chi connectivity index (χ0v) is 19.7. The van der Waals surface area contributed by atoms with Crippen molar-refractivity contribution in [2.24, 2.45) is 0 Å². The minimum Gasteiger partial charge on any atom is -0.392 e. The van der Waals surface area contributed by atoms with Crippen LogP contribution >= 0.6 is 11.6 Å². The molecule has 0 spiro atoms. The van der Waals surface area contributed by atoms with Crippen molar-refractivity contribution in [2.75, 3.05) is 6.54 Å². The second-order valence-electron chi connectivity index (χ2n) is 8.43. The molecule has 0 unspecified atom stereocenters. The summed E-state index contributed by atoms with van der Waals surface area (Å²) in [5.74, 6) is -0.491. The van der Waals surface area contributed by atoms with E-state index in [2.05, 4.69) is 15.6 Å². The number of pyridine rings is 1. The quantitative estimate of drug-likeness (QED) is 0.467. The molecular formula is C26H28ClN3O3. The lowest BCUT2D eigenvalue weighted by Crippen LogP contribution is -2.39. The van der Waals surface area contributed by atoms with E-state index < -0.39 is 11.5 Å². The lowest BCUT2D eigenvalue weighted by atomic mass is 9.83. The summed E-state index contributed by atoms with van der Waals surface area (Å²) in [6.45, 7) is 5.75. The molecule has 0 aliphatic carbocycles. The topological polar surface area (TPSA) is 91.3 Å². The van der Waals surface area contributed by atoms with Crippen molar-refractivity contribution in [3.63, 3.8) is 0 Å². The predicted octanol–water partition coefficient (Wildman–Crippen LogP) is 4.11. The third-order valence-electron chi connectivity index (χ3n) is 5.46. The number of hydrogen-bond donors (Lipinski definition) is 3. The summed E-state index contributed by atoms with van der Waals surface area (Å²) in [5.41, 5.74) is 2.69. The van der Waals surface area contributed by atoms with Crippen LogP contribution in [0.15, 0.2) is 66.9 Å². The van der Waals surface area contributed by atoms with Gasteiger partial charge in [-0.1, -0.05) is 54.1 Å². The Hall–Kier alpha value is -3.22. The van der Waals surface area contributed by atoms with Gasteiger partial charge in [0.1, 0.15) is 5.69 Å². The molecule has 0 saturated heterocycles. The average molecular weight is 466 g/mol. The molecule has 2 aromatic carbocycles. The summed E-state index contributed by atoms with van der Waals surface area (Å²) in [4.78, 5) is 30.0. The third-order valence-corrected chi connectivity index (χ3v) is 5.71. The van der Waals surface area contributed by atoms with Crippen molar-refractivity contribution in [3.8, 4) is 11.1 Å². The van der Waals surface area contributed by atoms with Gasteiger partial charge in [-0.25, -0.2) is 0 Å². The van der Waals surface area contributed by atoms with E-state index in [-0.39, 0.29) is 30.6 Å². The van der Waals surface area contributed by atoms with Crippen LogP contribution in [0.25, 0.3) is 11.1 Å². The number of hydrogen-bond acceptors (Lipinski definition) is 4. The molecule has 0 fully saturated rings. The maximum absolute atomic E-state index is 13.1. The minimum absolute atomic E-state index is 0.124. The molecule has 3 rings (SSSR count). The van der Waals surface area contributed by atoms with E-state index in [1.165, 1.54) is 0 Å². The molecule has 0 aliphatic rings. The van der Waals surface area contributed by atoms with Gasteiger partial charge in [0, 0.05) is 29.9 Å². The molecule has 0 aliphatic heterocycles. The molecule has 172 valence electrons. The number of aliphatic hydroxyl groups excluding tert-OH is 1. The maximum atomic E-state index is 13.1. The van der Waals surface area contributed by atoms with E-state index in [1.54, 1.807) is 31.3 Å². The summed E-state index contributed by atoms with van der Waals surface area (Å²) in [6.07, 6.45) is 0.896. The first-order valence-electron chi connectivity index (χ1n) is 10.7. The predicted molar refractivity (Wildman–Crippen MR) is 130 cm³/mol. The van der Waals surface area contributed by atoms with Crippen LogP contribution in [-0.4, -0.2) is 34.6 Å². The first-order valence-corrected chi connectivity index (χ1v) is 11.1. The fourth-order valence-electron chi connectivity index (χ4n) is 3.46. The molecular weight excluding hydrogens is 438 g/mol. The number of halogens is 1. The van der Waals surface area contributed by atoms with Gasteiger partial charge in [-0.15, -0.1) is 0 Å². The number of nitrogens with zero attached hydrogens (tertiary/aromatic N) is 1. The number of benzene rings is 2. The standard InChI is InChI=1S/C26H28ClN3O3/c1-17(31)15-29-24(32)23-22(9-6-14-28-23)21-8-5-4-7-18(21)16-30-25(33)26(2,3)19-10-12-20(27)13-11-19/h4-14,17,31H,15-16H2,1-3H3,(H,29,32)(H,30,33)/t17-/m1/s1. The second-order valence-corrected chi connectivity index (χ2v) is 8.87. The SMILES string of the molecule is C[C@@H](O)CNC(=O)c1ncccc1-c1ccccc1CNC(=O)C(C)(C)c1ccc(Cl)cc1. The fraction of sp³-hybridized carbons (Fsp3) is 0.269. The van der Waals surface area contributed by atoms with Gasteiger partial charge in [0.25, 0.3) is 5.91 Å². The molecule has 6 nitrogen and oxygen atoms in total. The minimum atomic E-state index is -0.750. The van der Waals surface area contributed by atoms with E-state index in [9.17, 15) is 14.7 Å². The summed E-state index contributed by atoms with van der Waals surface area (Å²) in [5, 5.41) is 15.8. The molecule has 1 heterocycles. The van der Waals surface area contributed by atoms with Gasteiger partial charge in [-0.05, 0) is 55.7 Å². The van der Waals surface area contributed by atoms with Gasteiger partial charge in [-0.3, -0.25) is 14.6 Å². The van der Waals surface area contributed by atoms with Gasteiger partial charge in [0.15, 0.2) is 0 Å². The highest BCUT2D eigenvalue weighted by atomic mass is 35.5. The Kier molecular flexibility index (Phi) is 7.84. The highest BCUT2D eigenvalue weighted by molar-refractivity contribution is 6.30. The largest absolute Gasteiger partial charge is 0.392 e. The summed E-state index contributed by atoms with van der Waals surface area (Å²) in [6, 6.07) is 18.4. The van der Waals surface area contributed by atoms with Crippen LogP contribution in [0.2, 0.25) is 5.02 Å². The Labute approximate surface area is 199 Å². The monoisotopic (exact) mass is 465 g/mol. The molecule has 3 aromatic rings. The van der Waals surface area contributed by atoms with Crippen LogP contribution in [0, 0.1) is 0 Å². The molecule has 1 atom stereocenters. The Morgan fingerprint density at radius 1 is 1.00 bits per heavy atom. The van der Waals surface area contributed by atoms with Crippen LogP contribution < -0.4 is 10.6 Å². The number of aromatic nitrogens is 1. The van der Waals surface area contributed by atoms with Crippen LogP contribution in [0.1, 0.15) is 42.4 Å². The third kappa shape index (κ3) is 5.97.